The van der Waals surface area contributed by atoms with Crippen molar-refractivity contribution in [3.05, 3.63) is 55.8 Å². The van der Waals surface area contributed by atoms with Gasteiger partial charge in [0.15, 0.2) is 0 Å². The summed E-state index contributed by atoms with van der Waals surface area (Å²) in [5, 5.41) is 0. The van der Waals surface area contributed by atoms with Gasteiger partial charge in [-0.1, -0.05) is 15.9 Å². The fourth-order valence-electron chi connectivity index (χ4n) is 1.66. The molecule has 0 saturated heterocycles. The molecule has 124 valence electrons. The number of halogens is 6. The van der Waals surface area contributed by atoms with Crippen molar-refractivity contribution < 1.29 is 26.0 Å². The summed E-state index contributed by atoms with van der Waals surface area (Å²) < 4.78 is 78.9. The molecular weight excluding hydrogens is 517 g/mol. The van der Waals surface area contributed by atoms with Crippen molar-refractivity contribution in [1.29, 1.82) is 0 Å². The number of hydrogen-bond acceptors (Lipinski definition) is 2. The standard InChI is InChI=1S/C13H7BrF4INO2S/c14-8-3-7(13(16,17)18)4-10(5-8)23(21,22)20-12-2-1-9(19)6-11(12)15/h1-6,20H. The van der Waals surface area contributed by atoms with Crippen LogP contribution in [0.1, 0.15) is 5.56 Å². The summed E-state index contributed by atoms with van der Waals surface area (Å²) in [6.07, 6.45) is -4.71. The highest BCUT2D eigenvalue weighted by Crippen LogP contribution is 2.33. The Labute approximate surface area is 151 Å². The molecule has 0 atom stereocenters. The number of anilines is 1. The number of rotatable bonds is 3. The Balaban J connectivity index is 2.46. The van der Waals surface area contributed by atoms with Gasteiger partial charge in [-0.2, -0.15) is 13.2 Å². The van der Waals surface area contributed by atoms with Crippen LogP contribution in [0.3, 0.4) is 0 Å². The predicted molar refractivity (Wildman–Crippen MR) is 89.1 cm³/mol. The molecule has 23 heavy (non-hydrogen) atoms. The molecule has 0 saturated carbocycles. The molecule has 10 heteroatoms. The zero-order valence-electron chi connectivity index (χ0n) is 11.0. The lowest BCUT2D eigenvalue weighted by Gasteiger charge is -2.12. The Hall–Kier alpha value is -0.880. The van der Waals surface area contributed by atoms with Gasteiger partial charge < -0.3 is 0 Å². The van der Waals surface area contributed by atoms with E-state index < -0.39 is 32.5 Å². The molecule has 2 rings (SSSR count). The second-order valence-corrected chi connectivity index (χ2v) is 8.25. The van der Waals surface area contributed by atoms with Crippen molar-refractivity contribution in [3.63, 3.8) is 0 Å². The molecule has 0 aliphatic carbocycles. The maximum absolute atomic E-state index is 13.7. The van der Waals surface area contributed by atoms with Crippen LogP contribution in [0.4, 0.5) is 23.2 Å². The summed E-state index contributed by atoms with van der Waals surface area (Å²) in [7, 11) is -4.38. The molecule has 0 amide bonds. The van der Waals surface area contributed by atoms with E-state index in [-0.39, 0.29) is 10.2 Å². The van der Waals surface area contributed by atoms with Gasteiger partial charge >= 0.3 is 6.18 Å². The van der Waals surface area contributed by atoms with E-state index in [1.807, 2.05) is 27.3 Å². The minimum atomic E-state index is -4.71. The molecule has 2 aromatic rings. The third-order valence-electron chi connectivity index (χ3n) is 2.68. The highest BCUT2D eigenvalue weighted by molar-refractivity contribution is 14.1. The smallest absolute Gasteiger partial charge is 0.277 e. The maximum atomic E-state index is 13.7. The molecular formula is C13H7BrF4INO2S. The normalized spacial score (nSPS) is 12.3. The second kappa shape index (κ2) is 6.55. The molecule has 0 aliphatic heterocycles. The summed E-state index contributed by atoms with van der Waals surface area (Å²) in [6.45, 7) is 0. The summed E-state index contributed by atoms with van der Waals surface area (Å²) in [4.78, 5) is -0.628. The average Bonchev–Trinajstić information content (AvgIpc) is 2.40. The molecule has 2 aromatic carbocycles. The Morgan fingerprint density at radius 1 is 1.09 bits per heavy atom. The van der Waals surface area contributed by atoms with Gasteiger partial charge in [0.05, 0.1) is 16.1 Å². The van der Waals surface area contributed by atoms with Gasteiger partial charge in [0.25, 0.3) is 10.0 Å². The van der Waals surface area contributed by atoms with Crippen LogP contribution in [0.15, 0.2) is 45.8 Å². The van der Waals surface area contributed by atoms with Crippen molar-refractivity contribution in [1.82, 2.24) is 0 Å². The Bertz CT molecular complexity index is 856. The van der Waals surface area contributed by atoms with Crippen LogP contribution >= 0.6 is 38.5 Å². The molecule has 3 nitrogen and oxygen atoms in total. The minimum Gasteiger partial charge on any atom is -0.277 e. The molecule has 0 aliphatic rings. The van der Waals surface area contributed by atoms with Gasteiger partial charge in [-0.25, -0.2) is 12.8 Å². The largest absolute Gasteiger partial charge is 0.416 e. The molecule has 0 heterocycles. The number of alkyl halides is 3. The fraction of sp³-hybridized carbons (Fsp3) is 0.0769. The van der Waals surface area contributed by atoms with Crippen molar-refractivity contribution in [2.75, 3.05) is 4.72 Å². The summed E-state index contributed by atoms with van der Waals surface area (Å²) >= 11 is 4.68. The molecule has 0 spiro atoms. The van der Waals surface area contributed by atoms with E-state index >= 15 is 0 Å². The maximum Gasteiger partial charge on any atom is 0.416 e. The summed E-state index contributed by atoms with van der Waals surface area (Å²) in [5.74, 6) is -0.827. The molecule has 0 radical (unpaired) electrons. The van der Waals surface area contributed by atoms with Gasteiger partial charge in [-0.3, -0.25) is 4.72 Å². The second-order valence-electron chi connectivity index (χ2n) is 4.40. The number of sulfonamides is 1. The van der Waals surface area contributed by atoms with Gasteiger partial charge in [-0.15, -0.1) is 0 Å². The first-order valence-electron chi connectivity index (χ1n) is 5.85. The van der Waals surface area contributed by atoms with Gasteiger partial charge in [0.1, 0.15) is 5.82 Å². The van der Waals surface area contributed by atoms with Crippen LogP contribution in [0.25, 0.3) is 0 Å². The lowest BCUT2D eigenvalue weighted by atomic mass is 10.2. The highest BCUT2D eigenvalue weighted by atomic mass is 127. The summed E-state index contributed by atoms with van der Waals surface area (Å²) in [5.41, 5.74) is -1.48. The van der Waals surface area contributed by atoms with Crippen LogP contribution < -0.4 is 4.72 Å². The van der Waals surface area contributed by atoms with Crippen molar-refractivity contribution in [2.24, 2.45) is 0 Å². The lowest BCUT2D eigenvalue weighted by molar-refractivity contribution is -0.137. The highest BCUT2D eigenvalue weighted by Gasteiger charge is 2.32. The van der Waals surface area contributed by atoms with Crippen molar-refractivity contribution >= 4 is 54.2 Å². The van der Waals surface area contributed by atoms with E-state index in [0.29, 0.717) is 9.64 Å². The topological polar surface area (TPSA) is 46.2 Å². The van der Waals surface area contributed by atoms with Crippen LogP contribution in [0, 0.1) is 9.39 Å². The van der Waals surface area contributed by atoms with E-state index in [1.54, 1.807) is 0 Å². The average molecular weight is 524 g/mol. The van der Waals surface area contributed by atoms with Gasteiger partial charge in [0.2, 0.25) is 0 Å². The summed E-state index contributed by atoms with van der Waals surface area (Å²) in [6, 6.07) is 5.99. The number of benzene rings is 2. The SMILES string of the molecule is O=S(=O)(Nc1ccc(I)cc1F)c1cc(Br)cc(C(F)(F)F)c1. The van der Waals surface area contributed by atoms with Crippen molar-refractivity contribution in [2.45, 2.75) is 11.1 Å². The quantitative estimate of drug-likeness (QED) is 0.454. The first-order chi connectivity index (χ1) is 10.5. The molecule has 0 unspecified atom stereocenters. The molecule has 0 aromatic heterocycles. The third-order valence-corrected chi connectivity index (χ3v) is 5.16. The lowest BCUT2D eigenvalue weighted by Crippen LogP contribution is -2.15. The Morgan fingerprint density at radius 3 is 2.30 bits per heavy atom. The van der Waals surface area contributed by atoms with E-state index in [1.165, 1.54) is 12.1 Å². The zero-order chi connectivity index (χ0) is 17.4. The Morgan fingerprint density at radius 2 is 1.74 bits per heavy atom. The first kappa shape index (κ1) is 18.5. The molecule has 0 fully saturated rings. The number of nitrogens with one attached hydrogen (secondary N) is 1. The third kappa shape index (κ3) is 4.57. The fourth-order valence-corrected chi connectivity index (χ4v) is 3.89. The van der Waals surface area contributed by atoms with Gasteiger partial charge in [0, 0.05) is 8.04 Å². The van der Waals surface area contributed by atoms with Crippen LogP contribution in [0.5, 0.6) is 0 Å². The van der Waals surface area contributed by atoms with Crippen LogP contribution in [-0.4, -0.2) is 8.42 Å². The van der Waals surface area contributed by atoms with E-state index in [4.69, 9.17) is 0 Å². The zero-order valence-corrected chi connectivity index (χ0v) is 15.5. The monoisotopic (exact) mass is 523 g/mol. The van der Waals surface area contributed by atoms with Crippen LogP contribution in [0.2, 0.25) is 0 Å². The Kier molecular flexibility index (Phi) is 5.26. The van der Waals surface area contributed by atoms with Crippen molar-refractivity contribution in [3.8, 4) is 0 Å². The van der Waals surface area contributed by atoms with Crippen LogP contribution in [-0.2, 0) is 16.2 Å². The number of hydrogen-bond donors (Lipinski definition) is 1. The molecule has 0 bridgehead atoms. The first-order valence-corrected chi connectivity index (χ1v) is 9.20. The van der Waals surface area contributed by atoms with E-state index in [0.717, 1.165) is 18.2 Å². The van der Waals surface area contributed by atoms with Gasteiger partial charge in [-0.05, 0) is 59.0 Å². The minimum absolute atomic E-state index is 0.0595. The van der Waals surface area contributed by atoms with E-state index in [2.05, 4.69) is 15.9 Å². The predicted octanol–water partition coefficient (Wildman–Crippen LogP) is 5.01. The molecule has 1 N–H and O–H groups in total. The van der Waals surface area contributed by atoms with E-state index in [9.17, 15) is 26.0 Å².